The average molecular weight is 306 g/mol. The van der Waals surface area contributed by atoms with Crippen LogP contribution in [0.4, 0.5) is 0 Å². The van der Waals surface area contributed by atoms with Gasteiger partial charge in [-0.25, -0.2) is 0 Å². The summed E-state index contributed by atoms with van der Waals surface area (Å²) < 4.78 is 5.50. The van der Waals surface area contributed by atoms with E-state index in [-0.39, 0.29) is 0 Å². The van der Waals surface area contributed by atoms with E-state index in [2.05, 4.69) is 26.6 Å². The molecule has 3 saturated heterocycles. The number of hydrogen-bond acceptors (Lipinski definition) is 4. The molecule has 0 aliphatic carbocycles. The molecule has 0 N–H and O–H groups in total. The van der Waals surface area contributed by atoms with E-state index in [0.29, 0.717) is 0 Å². The molecule has 3 aliphatic rings. The van der Waals surface area contributed by atoms with Crippen molar-refractivity contribution in [2.75, 3.05) is 32.8 Å². The number of nitrogens with zero attached hydrogens (tertiary/aromatic N) is 2. The van der Waals surface area contributed by atoms with Crippen molar-refractivity contribution in [3.8, 4) is 0 Å². The van der Waals surface area contributed by atoms with E-state index in [9.17, 15) is 0 Å². The van der Waals surface area contributed by atoms with Gasteiger partial charge in [-0.1, -0.05) is 0 Å². The van der Waals surface area contributed by atoms with Gasteiger partial charge in [-0.15, -0.1) is 0 Å². The van der Waals surface area contributed by atoms with Gasteiger partial charge in [-0.3, -0.25) is 9.80 Å². The van der Waals surface area contributed by atoms with E-state index in [0.717, 1.165) is 37.8 Å². The summed E-state index contributed by atoms with van der Waals surface area (Å²) in [7, 11) is 0. The molecule has 4 rings (SSSR count). The molecule has 116 valence electrons. The van der Waals surface area contributed by atoms with Crippen molar-refractivity contribution in [2.45, 2.75) is 44.3 Å². The molecule has 3 nitrogen and oxygen atoms in total. The fraction of sp³-hybridized carbons (Fsp3) is 0.765. The van der Waals surface area contributed by atoms with Crippen molar-refractivity contribution in [1.29, 1.82) is 0 Å². The Labute approximate surface area is 131 Å². The number of rotatable bonds is 4. The highest BCUT2D eigenvalue weighted by atomic mass is 32.1. The lowest BCUT2D eigenvalue weighted by molar-refractivity contribution is 0.0504. The minimum atomic E-state index is 0.810. The molecule has 1 aromatic heterocycles. The second-order valence-electron chi connectivity index (χ2n) is 6.86. The lowest BCUT2D eigenvalue weighted by Crippen LogP contribution is -2.39. The fourth-order valence-corrected chi connectivity index (χ4v) is 5.13. The maximum Gasteiger partial charge on any atom is 0.0469 e. The van der Waals surface area contributed by atoms with E-state index < -0.39 is 0 Å². The zero-order chi connectivity index (χ0) is 14.1. The van der Waals surface area contributed by atoms with Gasteiger partial charge >= 0.3 is 0 Å². The first-order valence-electron chi connectivity index (χ1n) is 8.47. The molecular formula is C17H26N2OS. The third-order valence-electron chi connectivity index (χ3n) is 5.61. The molecule has 0 spiro atoms. The van der Waals surface area contributed by atoms with Crippen LogP contribution in [-0.2, 0) is 11.3 Å². The largest absolute Gasteiger partial charge is 0.381 e. The first kappa shape index (κ1) is 14.2. The highest BCUT2D eigenvalue weighted by Crippen LogP contribution is 2.34. The first-order valence-corrected chi connectivity index (χ1v) is 9.41. The van der Waals surface area contributed by atoms with Crippen LogP contribution in [0.15, 0.2) is 16.8 Å². The van der Waals surface area contributed by atoms with Gasteiger partial charge in [0.05, 0.1) is 0 Å². The predicted molar refractivity (Wildman–Crippen MR) is 86.7 cm³/mol. The van der Waals surface area contributed by atoms with Crippen LogP contribution in [0.5, 0.6) is 0 Å². The zero-order valence-electron chi connectivity index (χ0n) is 12.7. The maximum absolute atomic E-state index is 5.50. The van der Waals surface area contributed by atoms with Crippen LogP contribution in [0, 0.1) is 5.92 Å². The molecule has 0 aromatic carbocycles. The third kappa shape index (κ3) is 3.04. The Morgan fingerprint density at radius 1 is 1.05 bits per heavy atom. The Balaban J connectivity index is 1.34. The molecule has 3 fully saturated rings. The van der Waals surface area contributed by atoms with Crippen LogP contribution < -0.4 is 0 Å². The molecule has 0 unspecified atom stereocenters. The average Bonchev–Trinajstić information content (AvgIpc) is 3.21. The van der Waals surface area contributed by atoms with Gasteiger partial charge in [-0.2, -0.15) is 11.3 Å². The normalized spacial score (nSPS) is 31.8. The minimum absolute atomic E-state index is 0.810. The van der Waals surface area contributed by atoms with Crippen LogP contribution in [0.25, 0.3) is 0 Å². The second-order valence-corrected chi connectivity index (χ2v) is 7.64. The summed E-state index contributed by atoms with van der Waals surface area (Å²) >= 11 is 1.82. The Kier molecular flexibility index (Phi) is 4.30. The minimum Gasteiger partial charge on any atom is -0.381 e. The molecule has 0 bridgehead atoms. The van der Waals surface area contributed by atoms with E-state index in [1.54, 1.807) is 0 Å². The van der Waals surface area contributed by atoms with Crippen LogP contribution >= 0.6 is 11.3 Å². The van der Waals surface area contributed by atoms with Crippen molar-refractivity contribution in [3.63, 3.8) is 0 Å². The summed E-state index contributed by atoms with van der Waals surface area (Å²) in [5.41, 5.74) is 1.50. The van der Waals surface area contributed by atoms with Gasteiger partial charge in [0.1, 0.15) is 0 Å². The van der Waals surface area contributed by atoms with E-state index in [1.807, 2.05) is 11.3 Å². The molecule has 1 aromatic rings. The molecule has 4 heterocycles. The maximum atomic E-state index is 5.50. The Morgan fingerprint density at radius 2 is 1.81 bits per heavy atom. The molecule has 0 radical (unpaired) electrons. The number of likely N-dealkylation sites (tertiary alicyclic amines) is 2. The SMILES string of the molecule is c1cc(CN2CC[C@@H]3[C@@H]2CCN3CC2CCOCC2)cs1. The quantitative estimate of drug-likeness (QED) is 0.851. The van der Waals surface area contributed by atoms with Gasteiger partial charge < -0.3 is 4.74 Å². The van der Waals surface area contributed by atoms with Crippen molar-refractivity contribution in [3.05, 3.63) is 22.4 Å². The van der Waals surface area contributed by atoms with Crippen LogP contribution in [0.3, 0.4) is 0 Å². The summed E-state index contributed by atoms with van der Waals surface area (Å²) in [6.45, 7) is 7.04. The smallest absolute Gasteiger partial charge is 0.0469 e. The summed E-state index contributed by atoms with van der Waals surface area (Å²) in [5, 5.41) is 4.51. The molecule has 4 heteroatoms. The lowest BCUT2D eigenvalue weighted by Gasteiger charge is -2.30. The fourth-order valence-electron chi connectivity index (χ4n) is 4.47. The molecule has 0 amide bonds. The van der Waals surface area contributed by atoms with Crippen molar-refractivity contribution in [2.24, 2.45) is 5.92 Å². The van der Waals surface area contributed by atoms with E-state index in [4.69, 9.17) is 4.74 Å². The Morgan fingerprint density at radius 3 is 2.57 bits per heavy atom. The Hall–Kier alpha value is -0.420. The number of thiophene rings is 1. The van der Waals surface area contributed by atoms with Gasteiger partial charge in [-0.05, 0) is 54.0 Å². The zero-order valence-corrected chi connectivity index (χ0v) is 13.6. The van der Waals surface area contributed by atoms with Gasteiger partial charge in [0.25, 0.3) is 0 Å². The van der Waals surface area contributed by atoms with Crippen LogP contribution in [0.2, 0.25) is 0 Å². The number of hydrogen-bond donors (Lipinski definition) is 0. The molecular weight excluding hydrogens is 280 g/mol. The number of fused-ring (bicyclic) bond motifs is 1. The molecule has 0 saturated carbocycles. The second kappa shape index (κ2) is 6.37. The van der Waals surface area contributed by atoms with Crippen molar-refractivity contribution >= 4 is 11.3 Å². The summed E-state index contributed by atoms with van der Waals surface area (Å²) in [5.74, 6) is 0.878. The monoisotopic (exact) mass is 306 g/mol. The van der Waals surface area contributed by atoms with E-state index >= 15 is 0 Å². The van der Waals surface area contributed by atoms with Crippen LogP contribution in [0.1, 0.15) is 31.2 Å². The molecule has 3 aliphatic heterocycles. The molecule has 2 atom stereocenters. The highest BCUT2D eigenvalue weighted by molar-refractivity contribution is 7.07. The highest BCUT2D eigenvalue weighted by Gasteiger charge is 2.42. The predicted octanol–water partition coefficient (Wildman–Crippen LogP) is 2.82. The summed E-state index contributed by atoms with van der Waals surface area (Å²) in [6.07, 6.45) is 5.29. The topological polar surface area (TPSA) is 15.7 Å². The van der Waals surface area contributed by atoms with Crippen molar-refractivity contribution < 1.29 is 4.74 Å². The summed E-state index contributed by atoms with van der Waals surface area (Å²) in [4.78, 5) is 5.53. The number of ether oxygens (including phenoxy) is 1. The third-order valence-corrected chi connectivity index (χ3v) is 6.34. The van der Waals surface area contributed by atoms with E-state index in [1.165, 1.54) is 50.9 Å². The van der Waals surface area contributed by atoms with Gasteiger partial charge in [0.15, 0.2) is 0 Å². The lowest BCUT2D eigenvalue weighted by atomic mass is 9.99. The van der Waals surface area contributed by atoms with Gasteiger partial charge in [0, 0.05) is 51.5 Å². The van der Waals surface area contributed by atoms with Gasteiger partial charge in [0.2, 0.25) is 0 Å². The summed E-state index contributed by atoms with van der Waals surface area (Å²) in [6, 6.07) is 3.92. The first-order chi connectivity index (χ1) is 10.4. The Bertz CT molecular complexity index is 444. The van der Waals surface area contributed by atoms with Crippen LogP contribution in [-0.4, -0.2) is 54.7 Å². The molecule has 21 heavy (non-hydrogen) atoms. The standard InChI is InChI=1S/C17H26N2OS/c1-6-18(11-14-3-8-20-9-4-14)16-2-7-19(17(1)16)12-15-5-10-21-13-15/h5,10,13-14,16-17H,1-4,6-9,11-12H2/t16-,17+/m1/s1. The van der Waals surface area contributed by atoms with Crippen molar-refractivity contribution in [1.82, 2.24) is 9.80 Å².